The zero-order valence-electron chi connectivity index (χ0n) is 9.97. The molecule has 0 saturated heterocycles. The van der Waals surface area contributed by atoms with Gasteiger partial charge >= 0.3 is 5.97 Å². The second-order valence-electron chi connectivity index (χ2n) is 3.58. The number of rotatable bonds is 5. The smallest absolute Gasteiger partial charge is 0.328 e. The number of esters is 1. The third-order valence-corrected chi connectivity index (χ3v) is 2.33. The lowest BCUT2D eigenvalue weighted by Gasteiger charge is -2.15. The van der Waals surface area contributed by atoms with Crippen molar-refractivity contribution in [3.05, 3.63) is 34.1 Å². The highest BCUT2D eigenvalue weighted by Gasteiger charge is 2.18. The molecule has 1 unspecified atom stereocenters. The van der Waals surface area contributed by atoms with Gasteiger partial charge in [0.25, 0.3) is 5.69 Å². The van der Waals surface area contributed by atoms with Crippen molar-refractivity contribution in [1.29, 1.82) is 0 Å². The van der Waals surface area contributed by atoms with Gasteiger partial charge in [0, 0.05) is 11.8 Å². The van der Waals surface area contributed by atoms with Crippen LogP contribution in [-0.4, -0.2) is 24.0 Å². The van der Waals surface area contributed by atoms with Crippen LogP contribution in [0.1, 0.15) is 13.3 Å². The monoisotopic (exact) mass is 256 g/mol. The van der Waals surface area contributed by atoms with Gasteiger partial charge in [-0.2, -0.15) is 0 Å². The van der Waals surface area contributed by atoms with Gasteiger partial charge < -0.3 is 10.1 Å². The molecule has 1 rings (SSSR count). The number of nitrogens with zero attached hydrogens (tertiary/aromatic N) is 1. The molecule has 18 heavy (non-hydrogen) atoms. The Bertz CT molecular complexity index is 464. The zero-order valence-corrected chi connectivity index (χ0v) is 9.97. The molecular weight excluding hydrogens is 243 g/mol. The molecule has 98 valence electrons. The lowest BCUT2D eigenvalue weighted by atomic mass is 10.2. The van der Waals surface area contributed by atoms with E-state index in [0.29, 0.717) is 6.42 Å². The first-order chi connectivity index (χ1) is 8.47. The highest BCUT2D eigenvalue weighted by molar-refractivity contribution is 5.79. The Labute approximate surface area is 103 Å². The first kappa shape index (κ1) is 13.9. The number of hydrogen-bond donors (Lipinski definition) is 1. The van der Waals surface area contributed by atoms with Crippen LogP contribution in [-0.2, 0) is 9.53 Å². The molecule has 0 aliphatic heterocycles. The van der Waals surface area contributed by atoms with Gasteiger partial charge in [-0.15, -0.1) is 0 Å². The first-order valence-corrected chi connectivity index (χ1v) is 5.27. The molecule has 1 N–H and O–H groups in total. The van der Waals surface area contributed by atoms with E-state index in [1.165, 1.54) is 7.11 Å². The van der Waals surface area contributed by atoms with Crippen LogP contribution in [0.3, 0.4) is 0 Å². The highest BCUT2D eigenvalue weighted by atomic mass is 19.1. The number of hydrogen-bond acceptors (Lipinski definition) is 5. The predicted octanol–water partition coefficient (Wildman–Crippen LogP) is 2.10. The third kappa shape index (κ3) is 3.41. The summed E-state index contributed by atoms with van der Waals surface area (Å²) in [5.74, 6) is -1.25. The number of anilines is 1. The number of methoxy groups -OCH3 is 1. The maximum absolute atomic E-state index is 13.2. The standard InChI is InChI=1S/C11H13FN2O4/c1-3-10(11(15)18-2)13-8-4-7(12)5-9(6-8)14(16)17/h4-6,10,13H,3H2,1-2H3. The lowest BCUT2D eigenvalue weighted by molar-refractivity contribution is -0.385. The molecule has 1 aromatic rings. The molecule has 0 aliphatic rings. The zero-order chi connectivity index (χ0) is 13.7. The van der Waals surface area contributed by atoms with Gasteiger partial charge in [0.05, 0.1) is 18.1 Å². The first-order valence-electron chi connectivity index (χ1n) is 5.27. The SMILES string of the molecule is CCC(Nc1cc(F)cc([N+](=O)[O-])c1)C(=O)OC. The average Bonchev–Trinajstić information content (AvgIpc) is 2.34. The van der Waals surface area contributed by atoms with Crippen LogP contribution in [0, 0.1) is 15.9 Å². The maximum atomic E-state index is 13.2. The minimum Gasteiger partial charge on any atom is -0.467 e. The summed E-state index contributed by atoms with van der Waals surface area (Å²) in [5, 5.41) is 13.3. The summed E-state index contributed by atoms with van der Waals surface area (Å²) in [6.45, 7) is 1.74. The minimum atomic E-state index is -0.744. The van der Waals surface area contributed by atoms with Crippen LogP contribution < -0.4 is 5.32 Å². The predicted molar refractivity (Wildman–Crippen MR) is 62.8 cm³/mol. The van der Waals surface area contributed by atoms with Crippen LogP contribution in [0.4, 0.5) is 15.8 Å². The molecule has 1 aromatic carbocycles. The Morgan fingerprint density at radius 3 is 2.72 bits per heavy atom. The molecule has 0 amide bonds. The Hall–Kier alpha value is -2.18. The number of nitrogens with one attached hydrogen (secondary N) is 1. The summed E-state index contributed by atoms with van der Waals surface area (Å²) < 4.78 is 17.7. The van der Waals surface area contributed by atoms with E-state index in [0.717, 1.165) is 18.2 Å². The molecule has 0 heterocycles. The largest absolute Gasteiger partial charge is 0.467 e. The number of nitro benzene ring substituents is 1. The fourth-order valence-corrected chi connectivity index (χ4v) is 1.43. The summed E-state index contributed by atoms with van der Waals surface area (Å²) in [4.78, 5) is 21.2. The van der Waals surface area contributed by atoms with E-state index in [9.17, 15) is 19.3 Å². The number of ether oxygens (including phenoxy) is 1. The fraction of sp³-hybridized carbons (Fsp3) is 0.364. The number of nitro groups is 1. The normalized spacial score (nSPS) is 11.7. The van der Waals surface area contributed by atoms with Crippen LogP contribution in [0.2, 0.25) is 0 Å². The second kappa shape index (κ2) is 5.95. The van der Waals surface area contributed by atoms with Crippen molar-refractivity contribution >= 4 is 17.3 Å². The van der Waals surface area contributed by atoms with Crippen LogP contribution in [0.5, 0.6) is 0 Å². The van der Waals surface area contributed by atoms with Gasteiger partial charge in [0.1, 0.15) is 11.9 Å². The van der Waals surface area contributed by atoms with E-state index in [-0.39, 0.29) is 11.4 Å². The number of carbonyl (C=O) groups excluding carboxylic acids is 1. The Morgan fingerprint density at radius 1 is 1.56 bits per heavy atom. The molecule has 0 aliphatic carbocycles. The van der Waals surface area contributed by atoms with Gasteiger partial charge in [0.2, 0.25) is 0 Å². The summed E-state index contributed by atoms with van der Waals surface area (Å²) >= 11 is 0. The minimum absolute atomic E-state index is 0.166. The Morgan fingerprint density at radius 2 is 2.22 bits per heavy atom. The van der Waals surface area contributed by atoms with E-state index in [2.05, 4.69) is 10.1 Å². The van der Waals surface area contributed by atoms with E-state index in [4.69, 9.17) is 0 Å². The van der Waals surface area contributed by atoms with Crippen molar-refractivity contribution < 1.29 is 18.8 Å². The van der Waals surface area contributed by atoms with Crippen LogP contribution in [0.25, 0.3) is 0 Å². The van der Waals surface area contributed by atoms with E-state index >= 15 is 0 Å². The molecule has 0 aromatic heterocycles. The molecule has 7 heteroatoms. The number of non-ortho nitro benzene ring substituents is 1. The molecule has 0 bridgehead atoms. The van der Waals surface area contributed by atoms with Crippen molar-refractivity contribution in [1.82, 2.24) is 0 Å². The summed E-state index contributed by atoms with van der Waals surface area (Å²) in [6, 6.07) is 2.38. The second-order valence-corrected chi connectivity index (χ2v) is 3.58. The van der Waals surface area contributed by atoms with Gasteiger partial charge in [-0.1, -0.05) is 6.92 Å². The quantitative estimate of drug-likeness (QED) is 0.495. The van der Waals surface area contributed by atoms with Crippen molar-refractivity contribution in [2.24, 2.45) is 0 Å². The molecule has 1 atom stereocenters. The van der Waals surface area contributed by atoms with Gasteiger partial charge in [-0.25, -0.2) is 9.18 Å². The average molecular weight is 256 g/mol. The summed E-state index contributed by atoms with van der Waals surface area (Å²) in [6.07, 6.45) is 0.414. The third-order valence-electron chi connectivity index (χ3n) is 2.33. The van der Waals surface area contributed by atoms with Crippen LogP contribution >= 0.6 is 0 Å². The molecule has 0 fully saturated rings. The van der Waals surface area contributed by atoms with Gasteiger partial charge in [-0.05, 0) is 12.5 Å². The molecular formula is C11H13FN2O4. The van der Waals surface area contributed by atoms with E-state index in [1.807, 2.05) is 0 Å². The van der Waals surface area contributed by atoms with Crippen molar-refractivity contribution in [2.75, 3.05) is 12.4 Å². The van der Waals surface area contributed by atoms with Gasteiger partial charge in [-0.3, -0.25) is 10.1 Å². The highest BCUT2D eigenvalue weighted by Crippen LogP contribution is 2.21. The van der Waals surface area contributed by atoms with Crippen molar-refractivity contribution in [3.8, 4) is 0 Å². The maximum Gasteiger partial charge on any atom is 0.328 e. The fourth-order valence-electron chi connectivity index (χ4n) is 1.43. The molecule has 6 nitrogen and oxygen atoms in total. The number of halogens is 1. The molecule has 0 radical (unpaired) electrons. The Kier molecular flexibility index (Phi) is 4.59. The van der Waals surface area contributed by atoms with Crippen molar-refractivity contribution in [3.63, 3.8) is 0 Å². The van der Waals surface area contributed by atoms with E-state index < -0.39 is 22.8 Å². The number of benzene rings is 1. The molecule has 0 spiro atoms. The van der Waals surface area contributed by atoms with Crippen molar-refractivity contribution in [2.45, 2.75) is 19.4 Å². The molecule has 0 saturated carbocycles. The topological polar surface area (TPSA) is 81.5 Å². The Balaban J connectivity index is 2.96. The summed E-state index contributed by atoms with van der Waals surface area (Å²) in [7, 11) is 1.24. The van der Waals surface area contributed by atoms with Gasteiger partial charge in [0.15, 0.2) is 0 Å². The number of carbonyl (C=O) groups is 1. The summed E-state index contributed by atoms with van der Waals surface area (Å²) in [5.41, 5.74) is -0.212. The van der Waals surface area contributed by atoms with Crippen LogP contribution in [0.15, 0.2) is 18.2 Å². The van der Waals surface area contributed by atoms with E-state index in [1.54, 1.807) is 6.92 Å². The lowest BCUT2D eigenvalue weighted by Crippen LogP contribution is -2.29.